The summed E-state index contributed by atoms with van der Waals surface area (Å²) in [6.45, 7) is 0. The Hall–Kier alpha value is -2.52. The van der Waals surface area contributed by atoms with Crippen LogP contribution < -0.4 is 21.5 Å². The monoisotopic (exact) mass is 230 g/mol. The van der Waals surface area contributed by atoms with E-state index in [0.29, 0.717) is 16.0 Å². The van der Waals surface area contributed by atoms with Crippen molar-refractivity contribution >= 4 is 23.8 Å². The first-order chi connectivity index (χ1) is 8.17. The van der Waals surface area contributed by atoms with Gasteiger partial charge in [0.2, 0.25) is 0 Å². The number of rotatable bonds is 1. The van der Waals surface area contributed by atoms with Crippen LogP contribution in [-0.4, -0.2) is 19.0 Å². The Morgan fingerprint density at radius 1 is 1.47 bits per heavy atom. The molecule has 2 rings (SSSR count). The van der Waals surface area contributed by atoms with Crippen LogP contribution in [0, 0.1) is 0 Å². The van der Waals surface area contributed by atoms with Gasteiger partial charge in [0.15, 0.2) is 5.94 Å². The number of nitrogens with two attached hydrogens (primary N) is 1. The minimum Gasteiger partial charge on any atom is -0.465 e. The predicted octanol–water partition coefficient (Wildman–Crippen LogP) is -1.40. The largest absolute Gasteiger partial charge is 0.465 e. The lowest BCUT2D eigenvalue weighted by molar-refractivity contribution is 0.0599. The van der Waals surface area contributed by atoms with Crippen molar-refractivity contribution in [1.29, 1.82) is 0 Å². The van der Waals surface area contributed by atoms with Crippen LogP contribution >= 0.6 is 0 Å². The molecule has 0 saturated heterocycles. The quantitative estimate of drug-likeness (QED) is 0.458. The molecule has 0 aromatic heterocycles. The maximum atomic E-state index is 11.6. The van der Waals surface area contributed by atoms with Crippen LogP contribution in [-0.2, 0) is 9.53 Å². The molecule has 0 aliphatic carbocycles. The second kappa shape index (κ2) is 4.15. The Morgan fingerprint density at radius 3 is 2.88 bits per heavy atom. The summed E-state index contributed by atoms with van der Waals surface area (Å²) in [6, 6.07) is 5.07. The molecule has 1 aromatic rings. The van der Waals surface area contributed by atoms with Crippen LogP contribution in [0.3, 0.4) is 0 Å². The van der Waals surface area contributed by atoms with Gasteiger partial charge < -0.3 is 15.8 Å². The number of fused-ring (bicyclic) bond motifs is 1. The van der Waals surface area contributed by atoms with Crippen molar-refractivity contribution in [1.82, 2.24) is 5.32 Å². The molecule has 0 bridgehead atoms. The van der Waals surface area contributed by atoms with Gasteiger partial charge in [-0.3, -0.25) is 0 Å². The van der Waals surface area contributed by atoms with Crippen LogP contribution in [0.25, 0.3) is 11.9 Å². The molecule has 1 aliphatic rings. The van der Waals surface area contributed by atoms with E-state index in [0.717, 1.165) is 0 Å². The Balaban J connectivity index is 2.85. The molecule has 0 saturated carbocycles. The number of methoxy groups -OCH3 is 1. The highest BCUT2D eigenvalue weighted by Gasteiger charge is 2.13. The third-order valence-electron chi connectivity index (χ3n) is 2.45. The fourth-order valence-corrected chi connectivity index (χ4v) is 1.73. The van der Waals surface area contributed by atoms with Crippen LogP contribution in [0.4, 0.5) is 0 Å². The van der Waals surface area contributed by atoms with Gasteiger partial charge in [-0.1, -0.05) is 12.1 Å². The first-order valence-corrected chi connectivity index (χ1v) is 4.88. The van der Waals surface area contributed by atoms with E-state index in [2.05, 4.69) is 10.1 Å². The van der Waals surface area contributed by atoms with Gasteiger partial charge in [-0.15, -0.1) is 0 Å². The van der Waals surface area contributed by atoms with E-state index in [-0.39, 0.29) is 11.5 Å². The lowest BCUT2D eigenvalue weighted by Gasteiger charge is -2.12. The topological polar surface area (TPSA) is 81.4 Å². The second-order valence-corrected chi connectivity index (χ2v) is 3.46. The van der Waals surface area contributed by atoms with Crippen LogP contribution in [0.15, 0.2) is 23.9 Å². The number of hydrogen-bond donors (Lipinski definition) is 2. The Labute approximate surface area is 96.9 Å². The molecular weight excluding hydrogens is 220 g/mol. The lowest BCUT2D eigenvalue weighted by atomic mass is 10.1. The molecule has 1 aromatic carbocycles. The van der Waals surface area contributed by atoms with Gasteiger partial charge in [0, 0.05) is 5.22 Å². The second-order valence-electron chi connectivity index (χ2n) is 3.46. The summed E-state index contributed by atoms with van der Waals surface area (Å²) < 4.78 is 4.67. The molecule has 86 valence electrons. The lowest BCUT2D eigenvalue weighted by Crippen LogP contribution is -2.43. The summed E-state index contributed by atoms with van der Waals surface area (Å²) in [4.78, 5) is 22.1. The SMILES string of the molecule is COC(=O)c1cccc2c1=C(N)NC(=C=O)C=2. The molecule has 1 heterocycles. The van der Waals surface area contributed by atoms with Crippen LogP contribution in [0.5, 0.6) is 0 Å². The summed E-state index contributed by atoms with van der Waals surface area (Å²) >= 11 is 0. The highest BCUT2D eigenvalue weighted by atomic mass is 16.5. The molecule has 0 fully saturated rings. The van der Waals surface area contributed by atoms with Crippen LogP contribution in [0.1, 0.15) is 10.4 Å². The Morgan fingerprint density at radius 2 is 2.24 bits per heavy atom. The van der Waals surface area contributed by atoms with Crippen molar-refractivity contribution in [2.45, 2.75) is 0 Å². The molecule has 0 atom stereocenters. The Bertz CT molecular complexity index is 655. The number of hydrogen-bond acceptors (Lipinski definition) is 5. The first-order valence-electron chi connectivity index (χ1n) is 4.88. The van der Waals surface area contributed by atoms with Crippen LogP contribution in [0.2, 0.25) is 0 Å². The van der Waals surface area contributed by atoms with E-state index in [4.69, 9.17) is 5.73 Å². The van der Waals surface area contributed by atoms with Gasteiger partial charge in [-0.25, -0.2) is 9.59 Å². The maximum Gasteiger partial charge on any atom is 0.338 e. The molecule has 5 heteroatoms. The zero-order valence-electron chi connectivity index (χ0n) is 9.11. The standard InChI is InChI=1S/C12H10N2O3/c1-17-12(16)9-4-2-3-7-5-8(6-15)14-11(13)10(7)9/h2-5,14H,13H2,1H3. The van der Waals surface area contributed by atoms with Gasteiger partial charge in [0.05, 0.1) is 12.7 Å². The number of ether oxygens (including phenoxy) is 1. The third kappa shape index (κ3) is 1.79. The molecule has 1 aliphatic heterocycles. The number of benzene rings is 1. The molecule has 0 radical (unpaired) electrons. The normalized spacial score (nSPS) is 13.0. The number of carbonyl (C=O) groups is 1. The van der Waals surface area contributed by atoms with Crippen molar-refractivity contribution < 1.29 is 14.3 Å². The molecule has 0 unspecified atom stereocenters. The average Bonchev–Trinajstić information content (AvgIpc) is 2.36. The summed E-state index contributed by atoms with van der Waals surface area (Å²) in [7, 11) is 1.30. The van der Waals surface area contributed by atoms with Crippen molar-refractivity contribution in [2.75, 3.05) is 7.11 Å². The van der Waals surface area contributed by atoms with Crippen molar-refractivity contribution in [3.8, 4) is 0 Å². The van der Waals surface area contributed by atoms with E-state index >= 15 is 0 Å². The van der Waals surface area contributed by atoms with Crippen molar-refractivity contribution in [3.05, 3.63) is 39.9 Å². The zero-order valence-corrected chi connectivity index (χ0v) is 9.11. The predicted molar refractivity (Wildman–Crippen MR) is 61.4 cm³/mol. The summed E-state index contributed by atoms with van der Waals surface area (Å²) in [5.41, 5.74) is 6.37. The summed E-state index contributed by atoms with van der Waals surface area (Å²) in [5, 5.41) is 3.89. The zero-order chi connectivity index (χ0) is 12.4. The highest BCUT2D eigenvalue weighted by Crippen LogP contribution is 1.97. The van der Waals surface area contributed by atoms with E-state index in [9.17, 15) is 9.59 Å². The molecule has 5 nitrogen and oxygen atoms in total. The van der Waals surface area contributed by atoms with Gasteiger partial charge in [-0.2, -0.15) is 0 Å². The molecule has 3 N–H and O–H groups in total. The minimum atomic E-state index is -0.474. The fraction of sp³-hybridized carbons (Fsp3) is 0.0833. The number of esters is 1. The maximum absolute atomic E-state index is 11.6. The molecule has 0 amide bonds. The molecule has 0 spiro atoms. The summed E-state index contributed by atoms with van der Waals surface area (Å²) in [6.07, 6.45) is 1.57. The molecular formula is C12H10N2O3. The van der Waals surface area contributed by atoms with Gasteiger partial charge in [0.1, 0.15) is 11.5 Å². The van der Waals surface area contributed by atoms with Gasteiger partial charge in [-0.05, 0) is 17.4 Å². The van der Waals surface area contributed by atoms with Crippen molar-refractivity contribution in [3.63, 3.8) is 0 Å². The minimum absolute atomic E-state index is 0.233. The van der Waals surface area contributed by atoms with E-state index in [1.165, 1.54) is 7.11 Å². The van der Waals surface area contributed by atoms with Gasteiger partial charge in [0.25, 0.3) is 0 Å². The van der Waals surface area contributed by atoms with Crippen molar-refractivity contribution in [2.24, 2.45) is 5.73 Å². The number of allylic oxidation sites excluding steroid dienone is 1. The smallest absolute Gasteiger partial charge is 0.338 e. The summed E-state index contributed by atoms with van der Waals surface area (Å²) in [5.74, 6) is 1.49. The highest BCUT2D eigenvalue weighted by molar-refractivity contribution is 5.91. The first kappa shape index (κ1) is 11.0. The average molecular weight is 230 g/mol. The van der Waals surface area contributed by atoms with E-state index in [1.807, 2.05) is 0 Å². The fourth-order valence-electron chi connectivity index (χ4n) is 1.73. The van der Waals surface area contributed by atoms with E-state index in [1.54, 1.807) is 30.2 Å². The number of nitrogens with one attached hydrogen (secondary N) is 1. The van der Waals surface area contributed by atoms with E-state index < -0.39 is 5.97 Å². The molecule has 17 heavy (non-hydrogen) atoms. The van der Waals surface area contributed by atoms with Gasteiger partial charge >= 0.3 is 5.97 Å². The number of carbonyl (C=O) groups excluding carboxylic acids is 2. The Kier molecular flexibility index (Phi) is 2.68. The third-order valence-corrected chi connectivity index (χ3v) is 2.45.